The summed E-state index contributed by atoms with van der Waals surface area (Å²) in [6.45, 7) is 0.102. The predicted molar refractivity (Wildman–Crippen MR) is 66.3 cm³/mol. The Kier molecular flexibility index (Phi) is 3.50. The van der Waals surface area contributed by atoms with Crippen LogP contribution < -0.4 is 10.5 Å². The van der Waals surface area contributed by atoms with E-state index in [1.165, 1.54) is 18.6 Å². The van der Waals surface area contributed by atoms with E-state index >= 15 is 0 Å². The molecule has 0 radical (unpaired) electrons. The number of aromatic nitrogens is 3. The highest BCUT2D eigenvalue weighted by molar-refractivity contribution is 7.89. The number of nitrogens with zero attached hydrogens (tertiary/aromatic N) is 2. The third-order valence-electron chi connectivity index (χ3n) is 2.16. The lowest BCUT2D eigenvalue weighted by Crippen LogP contribution is -2.23. The van der Waals surface area contributed by atoms with Gasteiger partial charge in [0.15, 0.2) is 0 Å². The first kappa shape index (κ1) is 12.8. The summed E-state index contributed by atoms with van der Waals surface area (Å²) in [5.41, 5.74) is 6.06. The Morgan fingerprint density at radius 1 is 1.44 bits per heavy atom. The lowest BCUT2D eigenvalue weighted by atomic mass is 10.5. The number of aromatic amines is 1. The van der Waals surface area contributed by atoms with Gasteiger partial charge in [0.1, 0.15) is 10.7 Å². The van der Waals surface area contributed by atoms with Crippen LogP contribution in [0.25, 0.3) is 0 Å². The number of pyridine rings is 1. The molecule has 0 unspecified atom stereocenters. The third kappa shape index (κ3) is 2.78. The van der Waals surface area contributed by atoms with Crippen molar-refractivity contribution < 1.29 is 8.42 Å². The fourth-order valence-electron chi connectivity index (χ4n) is 1.22. The van der Waals surface area contributed by atoms with E-state index in [2.05, 4.69) is 19.7 Å². The van der Waals surface area contributed by atoms with Crippen LogP contribution in [0.5, 0.6) is 0 Å². The first-order chi connectivity index (χ1) is 8.49. The normalized spacial score (nSPS) is 11.6. The molecule has 0 aliphatic rings. The molecule has 0 aliphatic carbocycles. The molecular formula is C9H10ClN5O2S. The van der Waals surface area contributed by atoms with Gasteiger partial charge in [0.2, 0.25) is 10.0 Å². The van der Waals surface area contributed by atoms with E-state index < -0.39 is 10.0 Å². The fraction of sp³-hybridized carbons (Fsp3) is 0.111. The van der Waals surface area contributed by atoms with Gasteiger partial charge in [-0.15, -0.1) is 0 Å². The van der Waals surface area contributed by atoms with Crippen molar-refractivity contribution in [2.75, 3.05) is 5.73 Å². The molecule has 0 amide bonds. The smallest absolute Gasteiger partial charge is 0.242 e. The molecule has 96 valence electrons. The summed E-state index contributed by atoms with van der Waals surface area (Å²) in [6, 6.07) is 1.25. The number of hydrogen-bond acceptors (Lipinski definition) is 5. The Labute approximate surface area is 108 Å². The van der Waals surface area contributed by atoms with Crippen molar-refractivity contribution in [2.24, 2.45) is 0 Å². The maximum absolute atomic E-state index is 11.9. The first-order valence-corrected chi connectivity index (χ1v) is 6.73. The van der Waals surface area contributed by atoms with Gasteiger partial charge in [-0.25, -0.2) is 23.1 Å². The average molecular weight is 288 g/mol. The molecule has 0 aliphatic heterocycles. The first-order valence-electron chi connectivity index (χ1n) is 4.87. The molecule has 0 fully saturated rings. The van der Waals surface area contributed by atoms with Gasteiger partial charge in [0, 0.05) is 18.1 Å². The lowest BCUT2D eigenvalue weighted by Gasteiger charge is -2.06. The number of nitrogen functional groups attached to an aromatic ring is 1. The number of H-pyrrole nitrogens is 1. The second-order valence-corrected chi connectivity index (χ2v) is 5.61. The molecule has 9 heteroatoms. The topological polar surface area (TPSA) is 114 Å². The van der Waals surface area contributed by atoms with Crippen molar-refractivity contribution in [3.05, 3.63) is 35.5 Å². The quantitative estimate of drug-likeness (QED) is 0.758. The van der Waals surface area contributed by atoms with Crippen LogP contribution in [0.2, 0.25) is 5.02 Å². The zero-order valence-corrected chi connectivity index (χ0v) is 10.7. The summed E-state index contributed by atoms with van der Waals surface area (Å²) in [7, 11) is -3.68. The number of rotatable bonds is 4. The van der Waals surface area contributed by atoms with Crippen LogP contribution in [0.1, 0.15) is 5.69 Å². The predicted octanol–water partition coefficient (Wildman–Crippen LogP) is 0.519. The molecule has 2 aromatic heterocycles. The molecule has 0 saturated carbocycles. The summed E-state index contributed by atoms with van der Waals surface area (Å²) in [4.78, 5) is 10.2. The van der Waals surface area contributed by atoms with Gasteiger partial charge >= 0.3 is 0 Å². The Balaban J connectivity index is 2.17. The molecule has 0 bridgehead atoms. The van der Waals surface area contributed by atoms with Gasteiger partial charge in [0.25, 0.3) is 0 Å². The molecule has 7 nitrogen and oxygen atoms in total. The number of nitrogens with two attached hydrogens (primary N) is 1. The second kappa shape index (κ2) is 4.92. The van der Waals surface area contributed by atoms with E-state index in [4.69, 9.17) is 17.3 Å². The number of sulfonamides is 1. The van der Waals surface area contributed by atoms with Crippen LogP contribution in [0.4, 0.5) is 5.82 Å². The van der Waals surface area contributed by atoms with E-state index in [1.54, 1.807) is 0 Å². The van der Waals surface area contributed by atoms with Crippen molar-refractivity contribution in [3.63, 3.8) is 0 Å². The molecule has 0 aromatic carbocycles. The minimum Gasteiger partial charge on any atom is -0.382 e. The number of hydrogen-bond donors (Lipinski definition) is 3. The molecular weight excluding hydrogens is 278 g/mol. The number of anilines is 1. The molecule has 2 heterocycles. The van der Waals surface area contributed by atoms with E-state index in [1.807, 2.05) is 0 Å². The highest BCUT2D eigenvalue weighted by Gasteiger charge is 2.15. The van der Waals surface area contributed by atoms with Gasteiger partial charge in [-0.2, -0.15) is 0 Å². The van der Waals surface area contributed by atoms with Crippen LogP contribution >= 0.6 is 11.6 Å². The number of nitrogens with one attached hydrogen (secondary N) is 2. The summed E-state index contributed by atoms with van der Waals surface area (Å²) in [5.74, 6) is 0.0872. The van der Waals surface area contributed by atoms with Gasteiger partial charge in [-0.05, 0) is 6.07 Å². The molecule has 2 rings (SSSR count). The Hall–Kier alpha value is -1.64. The van der Waals surface area contributed by atoms with Crippen molar-refractivity contribution in [3.8, 4) is 0 Å². The van der Waals surface area contributed by atoms with Crippen LogP contribution in [0, 0.1) is 0 Å². The molecule has 2 aromatic rings. The third-order valence-corrected chi connectivity index (χ3v) is 3.83. The Morgan fingerprint density at radius 3 is 2.83 bits per heavy atom. The maximum Gasteiger partial charge on any atom is 0.242 e. The monoisotopic (exact) mass is 287 g/mol. The molecule has 18 heavy (non-hydrogen) atoms. The standard InChI is InChI=1S/C9H10ClN5O2S/c10-8-1-7(4-13-9(8)11)18(16,17)15-3-6-2-12-5-14-6/h1-2,4-5,15H,3H2,(H2,11,13)(H,12,14). The van der Waals surface area contributed by atoms with Crippen molar-refractivity contribution in [1.29, 1.82) is 0 Å². The highest BCUT2D eigenvalue weighted by atomic mass is 35.5. The molecule has 4 N–H and O–H groups in total. The Bertz CT molecular complexity index is 641. The SMILES string of the molecule is Nc1ncc(S(=O)(=O)NCc2cnc[nH]2)cc1Cl. The fourth-order valence-corrected chi connectivity index (χ4v) is 2.42. The second-order valence-electron chi connectivity index (χ2n) is 3.44. The molecule has 0 spiro atoms. The van der Waals surface area contributed by atoms with E-state index in [-0.39, 0.29) is 22.3 Å². The number of halogens is 1. The average Bonchev–Trinajstić information content (AvgIpc) is 2.83. The maximum atomic E-state index is 11.9. The zero-order chi connectivity index (χ0) is 13.2. The molecule has 0 saturated heterocycles. The van der Waals surface area contributed by atoms with Crippen molar-refractivity contribution in [1.82, 2.24) is 19.7 Å². The van der Waals surface area contributed by atoms with Gasteiger partial charge in [0.05, 0.1) is 17.9 Å². The Morgan fingerprint density at radius 2 is 2.22 bits per heavy atom. The van der Waals surface area contributed by atoms with Gasteiger partial charge < -0.3 is 10.7 Å². The van der Waals surface area contributed by atoms with Crippen LogP contribution in [-0.2, 0) is 16.6 Å². The van der Waals surface area contributed by atoms with Crippen LogP contribution in [0.15, 0.2) is 29.7 Å². The van der Waals surface area contributed by atoms with Crippen LogP contribution in [-0.4, -0.2) is 23.4 Å². The van der Waals surface area contributed by atoms with Crippen molar-refractivity contribution in [2.45, 2.75) is 11.4 Å². The summed E-state index contributed by atoms with van der Waals surface area (Å²) in [5, 5.41) is 0.0967. The molecule has 0 atom stereocenters. The van der Waals surface area contributed by atoms with Gasteiger partial charge in [-0.3, -0.25) is 0 Å². The summed E-state index contributed by atoms with van der Waals surface area (Å²) >= 11 is 5.72. The van der Waals surface area contributed by atoms with E-state index in [0.717, 1.165) is 6.20 Å². The zero-order valence-electron chi connectivity index (χ0n) is 9.09. The lowest BCUT2D eigenvalue weighted by molar-refractivity contribution is 0.580. The minimum absolute atomic E-state index is 0.0405. The number of imidazole rings is 1. The minimum atomic E-state index is -3.68. The van der Waals surface area contributed by atoms with Crippen LogP contribution in [0.3, 0.4) is 0 Å². The van der Waals surface area contributed by atoms with E-state index in [9.17, 15) is 8.42 Å². The summed E-state index contributed by atoms with van der Waals surface area (Å²) < 4.78 is 26.2. The van der Waals surface area contributed by atoms with E-state index in [0.29, 0.717) is 5.69 Å². The summed E-state index contributed by atoms with van der Waals surface area (Å²) in [6.07, 6.45) is 4.14. The largest absolute Gasteiger partial charge is 0.382 e. The van der Waals surface area contributed by atoms with Crippen molar-refractivity contribution >= 4 is 27.4 Å². The highest BCUT2D eigenvalue weighted by Crippen LogP contribution is 2.19. The van der Waals surface area contributed by atoms with Gasteiger partial charge in [-0.1, -0.05) is 11.6 Å².